The van der Waals surface area contributed by atoms with Gasteiger partial charge in [0.05, 0.1) is 23.0 Å². The molecule has 0 saturated carbocycles. The number of aromatic hydroxyl groups is 1. The summed E-state index contributed by atoms with van der Waals surface area (Å²) in [7, 11) is 1.26. The van der Waals surface area contributed by atoms with Gasteiger partial charge in [-0.2, -0.15) is 0 Å². The first-order chi connectivity index (χ1) is 11.8. The smallest absolute Gasteiger partial charge is 0.375 e. The number of ether oxygens (including phenoxy) is 1. The summed E-state index contributed by atoms with van der Waals surface area (Å²) in [6.45, 7) is 0. The summed E-state index contributed by atoms with van der Waals surface area (Å²) < 4.78 is 33.6. The van der Waals surface area contributed by atoms with Crippen molar-refractivity contribution in [3.63, 3.8) is 0 Å². The monoisotopic (exact) mass is 349 g/mol. The van der Waals surface area contributed by atoms with Crippen LogP contribution in [0.1, 0.15) is 0 Å². The van der Waals surface area contributed by atoms with Crippen molar-refractivity contribution in [1.29, 1.82) is 0 Å². The first-order valence-electron chi connectivity index (χ1n) is 6.78. The maximum atomic E-state index is 14.5. The van der Waals surface area contributed by atoms with Gasteiger partial charge >= 0.3 is 11.2 Å². The summed E-state index contributed by atoms with van der Waals surface area (Å²) in [4.78, 5) is 27.3. The number of nitrogens with one attached hydrogen (secondary N) is 1. The highest BCUT2D eigenvalue weighted by atomic mass is 19.1. The lowest BCUT2D eigenvalue weighted by Gasteiger charge is -2.11. The van der Waals surface area contributed by atoms with Crippen molar-refractivity contribution in [2.24, 2.45) is 0 Å². The molecule has 0 amide bonds. The molecule has 0 aliphatic rings. The highest BCUT2D eigenvalue weighted by molar-refractivity contribution is 5.88. The van der Waals surface area contributed by atoms with E-state index in [1.807, 2.05) is 0 Å². The molecule has 2 heterocycles. The summed E-state index contributed by atoms with van der Waals surface area (Å²) >= 11 is 0. The maximum absolute atomic E-state index is 14.5. The van der Waals surface area contributed by atoms with Crippen molar-refractivity contribution >= 4 is 16.7 Å². The molecule has 0 radical (unpaired) electrons. The SMILES string of the molecule is COc1cccc(F)c1-c1nc2[nH]c(=O)c([N+](=O)[O-])c(O)c2cc1F. The third-order valence-corrected chi connectivity index (χ3v) is 3.52. The Morgan fingerprint density at radius 2 is 2.04 bits per heavy atom. The molecule has 0 fully saturated rings. The number of methoxy groups -OCH3 is 1. The molecule has 25 heavy (non-hydrogen) atoms. The highest BCUT2D eigenvalue weighted by Gasteiger charge is 2.25. The maximum Gasteiger partial charge on any atom is 0.375 e. The van der Waals surface area contributed by atoms with Crippen LogP contribution in [0.15, 0.2) is 29.1 Å². The molecule has 0 bridgehead atoms. The molecule has 2 aromatic heterocycles. The van der Waals surface area contributed by atoms with E-state index in [2.05, 4.69) is 9.97 Å². The lowest BCUT2D eigenvalue weighted by Crippen LogP contribution is -2.13. The van der Waals surface area contributed by atoms with Crippen molar-refractivity contribution in [3.8, 4) is 22.8 Å². The van der Waals surface area contributed by atoms with Crippen LogP contribution in [0.2, 0.25) is 0 Å². The Balaban J connectivity index is 2.38. The molecule has 0 aliphatic heterocycles. The van der Waals surface area contributed by atoms with Gasteiger partial charge in [-0.05, 0) is 18.2 Å². The van der Waals surface area contributed by atoms with E-state index in [4.69, 9.17) is 4.74 Å². The Morgan fingerprint density at radius 3 is 2.68 bits per heavy atom. The van der Waals surface area contributed by atoms with E-state index in [1.165, 1.54) is 19.2 Å². The molecule has 0 saturated heterocycles. The van der Waals surface area contributed by atoms with Gasteiger partial charge in [-0.15, -0.1) is 0 Å². The first-order valence-corrected chi connectivity index (χ1v) is 6.78. The molecule has 8 nitrogen and oxygen atoms in total. The Morgan fingerprint density at radius 1 is 1.32 bits per heavy atom. The second-order valence-electron chi connectivity index (χ2n) is 4.94. The molecule has 0 aliphatic carbocycles. The molecule has 1 aromatic carbocycles. The second kappa shape index (κ2) is 5.82. The predicted octanol–water partition coefficient (Wildman–Crippen LogP) is 2.49. The van der Waals surface area contributed by atoms with Gasteiger partial charge in [-0.25, -0.2) is 13.8 Å². The Bertz CT molecular complexity index is 1080. The molecule has 10 heteroatoms. The highest BCUT2D eigenvalue weighted by Crippen LogP contribution is 2.36. The number of halogens is 2. The molecule has 3 aromatic rings. The van der Waals surface area contributed by atoms with Crippen molar-refractivity contribution in [2.75, 3.05) is 7.11 Å². The normalized spacial score (nSPS) is 10.8. The van der Waals surface area contributed by atoms with Crippen LogP contribution in [-0.4, -0.2) is 27.1 Å². The minimum atomic E-state index is -1.22. The van der Waals surface area contributed by atoms with Gasteiger partial charge in [0.2, 0.25) is 5.75 Å². The number of rotatable bonds is 3. The fourth-order valence-corrected chi connectivity index (χ4v) is 2.42. The minimum Gasteiger partial charge on any atom is -0.501 e. The van der Waals surface area contributed by atoms with E-state index >= 15 is 0 Å². The van der Waals surface area contributed by atoms with Crippen LogP contribution in [0.3, 0.4) is 0 Å². The largest absolute Gasteiger partial charge is 0.501 e. The number of benzene rings is 1. The Hall–Kier alpha value is -3.56. The van der Waals surface area contributed by atoms with Gasteiger partial charge in [0.25, 0.3) is 0 Å². The molecule has 128 valence electrons. The predicted molar refractivity (Wildman–Crippen MR) is 82.6 cm³/mol. The number of pyridine rings is 2. The third-order valence-electron chi connectivity index (χ3n) is 3.52. The zero-order valence-corrected chi connectivity index (χ0v) is 12.5. The summed E-state index contributed by atoms with van der Waals surface area (Å²) in [5.74, 6) is -2.91. The molecular formula is C15H9F2N3O5. The number of hydrogen-bond donors (Lipinski definition) is 2. The van der Waals surface area contributed by atoms with Crippen LogP contribution in [-0.2, 0) is 0 Å². The number of hydrogen-bond acceptors (Lipinski definition) is 6. The number of H-pyrrole nitrogens is 1. The van der Waals surface area contributed by atoms with Gasteiger partial charge < -0.3 is 14.8 Å². The molecule has 0 spiro atoms. The van der Waals surface area contributed by atoms with Crippen LogP contribution < -0.4 is 10.3 Å². The van der Waals surface area contributed by atoms with E-state index in [0.29, 0.717) is 0 Å². The standard InChI is InChI=1S/C15H9F2N3O5/c1-25-9-4-2-3-7(16)10(9)11-8(17)5-6-13(21)12(20(23)24)15(22)19-14(6)18-11/h2-5H,1H3,(H2,18,19,21,22). The van der Waals surface area contributed by atoms with E-state index < -0.39 is 39.2 Å². The summed E-state index contributed by atoms with van der Waals surface area (Å²) in [5.41, 5.74) is -3.46. The molecular weight excluding hydrogens is 340 g/mol. The Labute approximate surface area is 137 Å². The van der Waals surface area contributed by atoms with Crippen LogP contribution >= 0.6 is 0 Å². The van der Waals surface area contributed by atoms with Crippen LogP contribution in [0.4, 0.5) is 14.5 Å². The van der Waals surface area contributed by atoms with Gasteiger partial charge in [-0.3, -0.25) is 14.9 Å². The fourth-order valence-electron chi connectivity index (χ4n) is 2.42. The van der Waals surface area contributed by atoms with E-state index in [9.17, 15) is 28.8 Å². The van der Waals surface area contributed by atoms with Crippen molar-refractivity contribution in [1.82, 2.24) is 9.97 Å². The van der Waals surface area contributed by atoms with Gasteiger partial charge in [0.15, 0.2) is 5.82 Å². The van der Waals surface area contributed by atoms with Crippen LogP contribution in [0, 0.1) is 21.7 Å². The molecule has 2 N–H and O–H groups in total. The fraction of sp³-hybridized carbons (Fsp3) is 0.0667. The van der Waals surface area contributed by atoms with Crippen LogP contribution in [0.25, 0.3) is 22.3 Å². The topological polar surface area (TPSA) is 118 Å². The van der Waals surface area contributed by atoms with Crippen molar-refractivity contribution < 1.29 is 23.5 Å². The Kier molecular flexibility index (Phi) is 3.79. The summed E-state index contributed by atoms with van der Waals surface area (Å²) in [6.07, 6.45) is 0. The number of nitro groups is 1. The van der Waals surface area contributed by atoms with E-state index in [-0.39, 0.29) is 22.3 Å². The summed E-state index contributed by atoms with van der Waals surface area (Å²) in [6, 6.07) is 4.54. The number of fused-ring (bicyclic) bond motifs is 1. The molecule has 3 rings (SSSR count). The van der Waals surface area contributed by atoms with Crippen molar-refractivity contribution in [3.05, 3.63) is 56.4 Å². The zero-order valence-electron chi connectivity index (χ0n) is 12.5. The second-order valence-corrected chi connectivity index (χ2v) is 4.94. The average Bonchev–Trinajstić information content (AvgIpc) is 2.55. The molecule has 0 atom stereocenters. The lowest BCUT2D eigenvalue weighted by atomic mass is 10.1. The first kappa shape index (κ1) is 16.3. The number of nitrogens with zero attached hydrogens (tertiary/aromatic N) is 2. The number of aromatic amines is 1. The van der Waals surface area contributed by atoms with E-state index in [0.717, 1.165) is 12.1 Å². The third kappa shape index (κ3) is 2.53. The van der Waals surface area contributed by atoms with Gasteiger partial charge in [-0.1, -0.05) is 6.07 Å². The van der Waals surface area contributed by atoms with Gasteiger partial charge in [0.1, 0.15) is 22.9 Å². The zero-order chi connectivity index (χ0) is 18.3. The number of aromatic nitrogens is 2. The van der Waals surface area contributed by atoms with Crippen LogP contribution in [0.5, 0.6) is 11.5 Å². The van der Waals surface area contributed by atoms with E-state index in [1.54, 1.807) is 0 Å². The average molecular weight is 349 g/mol. The molecule has 0 unspecified atom stereocenters. The quantitative estimate of drug-likeness (QED) is 0.554. The summed E-state index contributed by atoms with van der Waals surface area (Å²) in [5, 5.41) is 20.3. The van der Waals surface area contributed by atoms with Gasteiger partial charge in [0, 0.05) is 0 Å². The minimum absolute atomic E-state index is 0.000712. The van der Waals surface area contributed by atoms with Crippen molar-refractivity contribution in [2.45, 2.75) is 0 Å². The lowest BCUT2D eigenvalue weighted by molar-refractivity contribution is -0.387.